The highest BCUT2D eigenvalue weighted by Crippen LogP contribution is 2.13. The highest BCUT2D eigenvalue weighted by atomic mass is 16.3. The van der Waals surface area contributed by atoms with Gasteiger partial charge in [-0.15, -0.1) is 0 Å². The fourth-order valence-electron chi connectivity index (χ4n) is 2.75. The average molecular weight is 428 g/mol. The zero-order valence-corrected chi connectivity index (χ0v) is 18.4. The van der Waals surface area contributed by atoms with Gasteiger partial charge in [-0.25, -0.2) is 4.79 Å². The van der Waals surface area contributed by atoms with Crippen molar-refractivity contribution in [1.82, 2.24) is 19.9 Å². The monoisotopic (exact) mass is 427 g/mol. The quantitative estimate of drug-likeness (QED) is 0.272. The van der Waals surface area contributed by atoms with E-state index in [-0.39, 0.29) is 18.2 Å². The number of nitrogens with zero attached hydrogens (tertiary/aromatic N) is 3. The van der Waals surface area contributed by atoms with E-state index in [1.54, 1.807) is 6.20 Å². The van der Waals surface area contributed by atoms with Gasteiger partial charge in [0.25, 0.3) is 0 Å². The number of fused-ring (bicyclic) bond motifs is 1. The van der Waals surface area contributed by atoms with Gasteiger partial charge >= 0.3 is 5.69 Å². The Bertz CT molecular complexity index is 1030. The third-order valence-electron chi connectivity index (χ3n) is 4.55. The van der Waals surface area contributed by atoms with Crippen molar-refractivity contribution in [2.45, 2.75) is 46.3 Å². The van der Waals surface area contributed by atoms with Crippen LogP contribution in [0.15, 0.2) is 46.3 Å². The normalized spacial score (nSPS) is 11.6. The van der Waals surface area contributed by atoms with Crippen LogP contribution in [-0.4, -0.2) is 44.8 Å². The predicted octanol–water partition coefficient (Wildman–Crippen LogP) is 1.55. The van der Waals surface area contributed by atoms with E-state index in [4.69, 9.17) is 11.5 Å². The number of hydrogen-bond donors (Lipinski definition) is 5. The molecule has 3 aromatic rings. The summed E-state index contributed by atoms with van der Waals surface area (Å²) in [6.07, 6.45) is 3.76. The Labute approximate surface area is 182 Å². The fraction of sp³-hybridized carbons (Fsp3) is 0.409. The lowest BCUT2D eigenvalue weighted by atomic mass is 10.2. The largest absolute Gasteiger partial charge is 0.390 e. The fourth-order valence-corrected chi connectivity index (χ4v) is 2.75. The molecule has 0 aliphatic rings. The van der Waals surface area contributed by atoms with Crippen LogP contribution in [0.25, 0.3) is 16.7 Å². The molecular formula is C22H33N7O2. The number of aliphatic hydroxyl groups excluding tert-OH is 1. The summed E-state index contributed by atoms with van der Waals surface area (Å²) in [5.41, 5.74) is 13.4. The lowest BCUT2D eigenvalue weighted by Gasteiger charge is -2.10. The number of aromatic nitrogens is 3. The SMILES string of the molecule is CCCC.Cc1cc2cn(-c3ccc(CNCC(O)CN=C(N)N)cc3)c(=O)nc2[nH]1. The van der Waals surface area contributed by atoms with E-state index >= 15 is 0 Å². The molecule has 0 aliphatic heterocycles. The number of aliphatic hydroxyl groups is 1. The first-order chi connectivity index (χ1) is 14.8. The summed E-state index contributed by atoms with van der Waals surface area (Å²) in [6, 6.07) is 9.51. The van der Waals surface area contributed by atoms with Crippen LogP contribution >= 0.6 is 0 Å². The Hall–Kier alpha value is -3.17. The van der Waals surface area contributed by atoms with E-state index in [2.05, 4.69) is 34.1 Å². The molecule has 0 fully saturated rings. The minimum absolute atomic E-state index is 0.0395. The second-order valence-corrected chi connectivity index (χ2v) is 7.37. The summed E-state index contributed by atoms with van der Waals surface area (Å²) in [5, 5.41) is 13.8. The van der Waals surface area contributed by atoms with Crippen LogP contribution in [0.1, 0.15) is 37.9 Å². The molecule has 9 heteroatoms. The summed E-state index contributed by atoms with van der Waals surface area (Å²) in [5.74, 6) is -0.0395. The number of aromatic amines is 1. The van der Waals surface area contributed by atoms with E-state index in [9.17, 15) is 9.90 Å². The summed E-state index contributed by atoms with van der Waals surface area (Å²) >= 11 is 0. The lowest BCUT2D eigenvalue weighted by molar-refractivity contribution is 0.180. The van der Waals surface area contributed by atoms with Crippen LogP contribution in [0.3, 0.4) is 0 Å². The maximum atomic E-state index is 12.2. The number of nitrogens with one attached hydrogen (secondary N) is 2. The van der Waals surface area contributed by atoms with Crippen LogP contribution in [0.2, 0.25) is 0 Å². The molecule has 31 heavy (non-hydrogen) atoms. The molecule has 9 nitrogen and oxygen atoms in total. The van der Waals surface area contributed by atoms with Crippen molar-refractivity contribution in [3.8, 4) is 5.69 Å². The lowest BCUT2D eigenvalue weighted by Crippen LogP contribution is -2.31. The summed E-state index contributed by atoms with van der Waals surface area (Å²) in [4.78, 5) is 23.2. The number of aliphatic imine (C=N–C) groups is 1. The third kappa shape index (κ3) is 7.54. The van der Waals surface area contributed by atoms with Crippen LogP contribution in [0.4, 0.5) is 0 Å². The van der Waals surface area contributed by atoms with Gasteiger partial charge in [0, 0.05) is 30.4 Å². The van der Waals surface area contributed by atoms with Crippen molar-refractivity contribution in [3.05, 3.63) is 58.3 Å². The van der Waals surface area contributed by atoms with Crippen molar-refractivity contribution in [1.29, 1.82) is 0 Å². The summed E-state index contributed by atoms with van der Waals surface area (Å²) in [7, 11) is 0. The molecule has 1 atom stereocenters. The van der Waals surface area contributed by atoms with Crippen molar-refractivity contribution in [3.63, 3.8) is 0 Å². The molecule has 0 radical (unpaired) electrons. The second-order valence-electron chi connectivity index (χ2n) is 7.37. The number of H-pyrrole nitrogens is 1. The van der Waals surface area contributed by atoms with Crippen LogP contribution in [0.5, 0.6) is 0 Å². The number of hydrogen-bond acceptors (Lipinski definition) is 5. The zero-order chi connectivity index (χ0) is 22.8. The van der Waals surface area contributed by atoms with E-state index in [0.717, 1.165) is 22.3 Å². The van der Waals surface area contributed by atoms with Gasteiger partial charge < -0.3 is 26.9 Å². The standard InChI is InChI=1S/C18H23N7O2.C4H10/c1-11-6-13-10-25(18(27)24-16(13)23-11)14-4-2-12(3-5-14)7-21-8-15(26)9-22-17(19)20;1-3-4-2/h2-6,10,15,21,26H,7-9H2,1H3,(H4,19,20,22)(H,23,24,27);3-4H2,1-2H3. The number of aryl methyl sites for hydroxylation is 1. The van der Waals surface area contributed by atoms with Crippen molar-refractivity contribution < 1.29 is 5.11 Å². The first-order valence-electron chi connectivity index (χ1n) is 10.5. The number of rotatable bonds is 8. The van der Waals surface area contributed by atoms with Crippen molar-refractivity contribution in [2.75, 3.05) is 13.1 Å². The molecule has 1 unspecified atom stereocenters. The Balaban J connectivity index is 0.000000785. The number of nitrogens with two attached hydrogens (primary N) is 2. The molecule has 168 valence electrons. The molecule has 7 N–H and O–H groups in total. The number of guanidine groups is 1. The van der Waals surface area contributed by atoms with E-state index in [1.807, 2.05) is 37.3 Å². The van der Waals surface area contributed by atoms with Gasteiger partial charge in [0.05, 0.1) is 18.3 Å². The highest BCUT2D eigenvalue weighted by molar-refractivity contribution is 5.76. The minimum Gasteiger partial charge on any atom is -0.390 e. The van der Waals surface area contributed by atoms with E-state index < -0.39 is 6.10 Å². The summed E-state index contributed by atoms with van der Waals surface area (Å²) in [6.45, 7) is 7.38. The Morgan fingerprint density at radius 1 is 1.26 bits per heavy atom. The van der Waals surface area contributed by atoms with Crippen LogP contribution < -0.4 is 22.5 Å². The molecule has 0 aliphatic carbocycles. The molecule has 0 amide bonds. The maximum absolute atomic E-state index is 12.2. The van der Waals surface area contributed by atoms with E-state index in [1.165, 1.54) is 17.4 Å². The van der Waals surface area contributed by atoms with Gasteiger partial charge in [-0.3, -0.25) is 9.56 Å². The Morgan fingerprint density at radius 3 is 2.55 bits per heavy atom. The molecule has 2 aromatic heterocycles. The molecule has 0 saturated heterocycles. The molecule has 3 rings (SSSR count). The van der Waals surface area contributed by atoms with Gasteiger partial charge in [0.1, 0.15) is 5.65 Å². The van der Waals surface area contributed by atoms with Gasteiger partial charge in [0.15, 0.2) is 5.96 Å². The smallest absolute Gasteiger partial charge is 0.354 e. The Kier molecular flexibility index (Phi) is 9.23. The first kappa shape index (κ1) is 24.1. The molecule has 0 bridgehead atoms. The van der Waals surface area contributed by atoms with Gasteiger partial charge in [-0.1, -0.05) is 38.8 Å². The highest BCUT2D eigenvalue weighted by Gasteiger charge is 2.07. The Morgan fingerprint density at radius 2 is 1.94 bits per heavy atom. The molecular weight excluding hydrogens is 394 g/mol. The molecule has 0 saturated carbocycles. The van der Waals surface area contributed by atoms with Gasteiger partial charge in [-0.2, -0.15) is 4.98 Å². The topological polar surface area (TPSA) is 147 Å². The molecule has 0 spiro atoms. The predicted molar refractivity (Wildman–Crippen MR) is 125 cm³/mol. The van der Waals surface area contributed by atoms with Crippen molar-refractivity contribution in [2.24, 2.45) is 16.5 Å². The minimum atomic E-state index is -0.660. The maximum Gasteiger partial charge on any atom is 0.354 e. The second kappa shape index (κ2) is 11.9. The third-order valence-corrected chi connectivity index (χ3v) is 4.55. The van der Waals surface area contributed by atoms with Gasteiger partial charge in [0.2, 0.25) is 0 Å². The number of benzene rings is 1. The molecule has 2 heterocycles. The van der Waals surface area contributed by atoms with Crippen LogP contribution in [0, 0.1) is 6.92 Å². The van der Waals surface area contributed by atoms with Crippen LogP contribution in [-0.2, 0) is 6.54 Å². The average Bonchev–Trinajstić information content (AvgIpc) is 3.11. The van der Waals surface area contributed by atoms with E-state index in [0.29, 0.717) is 18.7 Å². The van der Waals surface area contributed by atoms with Gasteiger partial charge in [-0.05, 0) is 30.7 Å². The summed E-state index contributed by atoms with van der Waals surface area (Å²) < 4.78 is 1.52. The zero-order valence-electron chi connectivity index (χ0n) is 18.4. The van der Waals surface area contributed by atoms with Crippen molar-refractivity contribution >= 4 is 17.0 Å². The number of unbranched alkanes of at least 4 members (excludes halogenated alkanes) is 1. The molecule has 1 aromatic carbocycles. The first-order valence-corrected chi connectivity index (χ1v) is 10.5.